The van der Waals surface area contributed by atoms with Gasteiger partial charge in [-0.1, -0.05) is 60.7 Å². The number of halogens is 3. The number of nitrogens with zero attached hydrogens (tertiary/aromatic N) is 4. The molecule has 0 bridgehead atoms. The molecular weight excluding hydrogens is 773 g/mol. The second-order valence-corrected chi connectivity index (χ2v) is 15.5. The minimum atomic E-state index is -5.03. The van der Waals surface area contributed by atoms with Crippen LogP contribution in [0.4, 0.5) is 28.4 Å². The first-order chi connectivity index (χ1) is 28.1. The van der Waals surface area contributed by atoms with Gasteiger partial charge in [0.2, 0.25) is 5.60 Å². The molecule has 6 rings (SSSR count). The van der Waals surface area contributed by atoms with Crippen LogP contribution in [-0.2, 0) is 38.3 Å². The van der Waals surface area contributed by atoms with Crippen molar-refractivity contribution in [2.75, 3.05) is 44.3 Å². The van der Waals surface area contributed by atoms with E-state index in [1.54, 1.807) is 13.8 Å². The van der Waals surface area contributed by atoms with Crippen LogP contribution in [0.1, 0.15) is 79.9 Å². The lowest BCUT2D eigenvalue weighted by Crippen LogP contribution is -2.59. The fraction of sp³-hybridized carbons (Fsp3) is 0.488. The Morgan fingerprint density at radius 3 is 2.31 bits per heavy atom. The summed E-state index contributed by atoms with van der Waals surface area (Å²) in [7, 11) is 0. The van der Waals surface area contributed by atoms with Gasteiger partial charge in [0.25, 0.3) is 11.8 Å². The van der Waals surface area contributed by atoms with Gasteiger partial charge < -0.3 is 43.7 Å². The van der Waals surface area contributed by atoms with Gasteiger partial charge in [0.1, 0.15) is 12.4 Å². The van der Waals surface area contributed by atoms with Crippen molar-refractivity contribution in [2.45, 2.75) is 96.2 Å². The second kappa shape index (κ2) is 18.7. The number of piperidine rings is 1. The molecule has 59 heavy (non-hydrogen) atoms. The Balaban J connectivity index is 1.38. The number of rotatable bonds is 13. The molecule has 0 radical (unpaired) electrons. The summed E-state index contributed by atoms with van der Waals surface area (Å²) < 4.78 is 68.7. The molecule has 2 saturated heterocycles. The van der Waals surface area contributed by atoms with E-state index in [1.807, 2.05) is 60.7 Å². The zero-order valence-electron chi connectivity index (χ0n) is 33.5. The molecule has 3 aromatic rings. The van der Waals surface area contributed by atoms with Crippen LogP contribution in [0.15, 0.2) is 72.8 Å². The van der Waals surface area contributed by atoms with E-state index in [-0.39, 0.29) is 57.4 Å². The van der Waals surface area contributed by atoms with Gasteiger partial charge in [-0.15, -0.1) is 0 Å². The number of carbonyl (C=O) groups is 4. The Bertz CT molecular complexity index is 1950. The molecule has 3 atom stereocenters. The Morgan fingerprint density at radius 1 is 0.983 bits per heavy atom. The van der Waals surface area contributed by atoms with E-state index in [0.717, 1.165) is 41.0 Å². The molecular formula is C43H51F3N4O9. The lowest BCUT2D eigenvalue weighted by atomic mass is 9.96. The van der Waals surface area contributed by atoms with Crippen LogP contribution < -0.4 is 9.64 Å². The van der Waals surface area contributed by atoms with Gasteiger partial charge in [0.15, 0.2) is 6.29 Å². The van der Waals surface area contributed by atoms with Crippen molar-refractivity contribution in [1.82, 2.24) is 14.7 Å². The normalized spacial score (nSPS) is 20.8. The van der Waals surface area contributed by atoms with Gasteiger partial charge in [-0.05, 0) is 76.1 Å². The number of fused-ring (bicyclic) bond motifs is 1. The van der Waals surface area contributed by atoms with Crippen molar-refractivity contribution in [2.24, 2.45) is 0 Å². The van der Waals surface area contributed by atoms with E-state index in [2.05, 4.69) is 0 Å². The van der Waals surface area contributed by atoms with Crippen molar-refractivity contribution in [1.29, 1.82) is 0 Å². The van der Waals surface area contributed by atoms with Crippen molar-refractivity contribution in [3.63, 3.8) is 0 Å². The number of alkyl halides is 3. The van der Waals surface area contributed by atoms with Crippen LogP contribution in [0, 0.1) is 0 Å². The molecule has 4 amide bonds. The molecule has 3 aromatic carbocycles. The third-order valence-corrected chi connectivity index (χ3v) is 10.8. The minimum absolute atomic E-state index is 0.0216. The maximum Gasteiger partial charge on any atom is 0.417 e. The fourth-order valence-electron chi connectivity index (χ4n) is 7.75. The predicted octanol–water partition coefficient (Wildman–Crippen LogP) is 7.56. The lowest BCUT2D eigenvalue weighted by Gasteiger charge is -2.43. The van der Waals surface area contributed by atoms with E-state index in [4.69, 9.17) is 18.9 Å². The van der Waals surface area contributed by atoms with E-state index in [0.29, 0.717) is 25.9 Å². The molecule has 0 aromatic heterocycles. The first kappa shape index (κ1) is 43.2. The minimum Gasteiger partial charge on any atom is -0.473 e. The number of amides is 4. The van der Waals surface area contributed by atoms with Gasteiger partial charge in [0, 0.05) is 45.4 Å². The number of likely N-dealkylation sites (tertiary alicyclic amines) is 1. The monoisotopic (exact) mass is 824 g/mol. The van der Waals surface area contributed by atoms with Crippen molar-refractivity contribution in [3.8, 4) is 5.75 Å². The van der Waals surface area contributed by atoms with E-state index >= 15 is 13.2 Å². The van der Waals surface area contributed by atoms with Crippen molar-refractivity contribution >= 4 is 29.7 Å². The van der Waals surface area contributed by atoms with Gasteiger partial charge in [-0.2, -0.15) is 13.2 Å². The number of anilines is 1. The number of hydrogen-bond acceptors (Lipinski definition) is 8. The molecule has 2 fully saturated rings. The summed E-state index contributed by atoms with van der Waals surface area (Å²) in [5, 5.41) is 9.69. The molecule has 0 saturated carbocycles. The number of benzene rings is 3. The highest BCUT2D eigenvalue weighted by Crippen LogP contribution is 2.45. The van der Waals surface area contributed by atoms with Crippen LogP contribution in [0.25, 0.3) is 0 Å². The maximum atomic E-state index is 15.1. The molecule has 16 heteroatoms. The highest BCUT2D eigenvalue weighted by molar-refractivity contribution is 6.05. The SMILES string of the molecule is CC(C)N(C(=O)c1cc2c(cc1C(F)(F)F)OC(C)(COC1CCCCO1)C(=O)N2CCN(Cc1ccccc1)C(=O)OCc1ccccc1)[C@@H]1CCCN(C(=O)O)C1. The van der Waals surface area contributed by atoms with Crippen LogP contribution in [-0.4, -0.2) is 107 Å². The maximum absolute atomic E-state index is 15.1. The summed E-state index contributed by atoms with van der Waals surface area (Å²) in [5.41, 5.74) is -2.41. The topological polar surface area (TPSA) is 138 Å². The average molecular weight is 825 g/mol. The summed E-state index contributed by atoms with van der Waals surface area (Å²) in [5.74, 6) is -1.95. The molecule has 318 valence electrons. The molecule has 3 heterocycles. The van der Waals surface area contributed by atoms with E-state index in [9.17, 15) is 24.3 Å². The fourth-order valence-corrected chi connectivity index (χ4v) is 7.75. The molecule has 0 spiro atoms. The Hall–Kier alpha value is -5.35. The summed E-state index contributed by atoms with van der Waals surface area (Å²) in [6.07, 6.45) is -4.51. The van der Waals surface area contributed by atoms with Gasteiger partial charge in [0.05, 0.1) is 29.5 Å². The zero-order valence-corrected chi connectivity index (χ0v) is 33.5. The third kappa shape index (κ3) is 10.5. The van der Waals surface area contributed by atoms with Crippen molar-refractivity contribution in [3.05, 3.63) is 95.1 Å². The van der Waals surface area contributed by atoms with Crippen LogP contribution >= 0.6 is 0 Å². The summed E-state index contributed by atoms with van der Waals surface area (Å²) in [6, 6.07) is 18.6. The molecule has 1 N–H and O–H groups in total. The van der Waals surface area contributed by atoms with Crippen LogP contribution in [0.3, 0.4) is 0 Å². The Morgan fingerprint density at radius 2 is 1.68 bits per heavy atom. The van der Waals surface area contributed by atoms with E-state index < -0.39 is 65.3 Å². The summed E-state index contributed by atoms with van der Waals surface area (Å²) >= 11 is 0. The smallest absolute Gasteiger partial charge is 0.417 e. The third-order valence-electron chi connectivity index (χ3n) is 10.8. The van der Waals surface area contributed by atoms with Crippen LogP contribution in [0.5, 0.6) is 5.75 Å². The quantitative estimate of drug-likeness (QED) is 0.185. The Kier molecular flexibility index (Phi) is 13.7. The lowest BCUT2D eigenvalue weighted by molar-refractivity contribution is -0.188. The Labute approximate surface area is 341 Å². The highest BCUT2D eigenvalue weighted by atomic mass is 19.4. The standard InChI is InChI=1S/C43H51F3N4O9/c1-29(2)50(32-17-12-19-47(26-32)40(53)54)38(51)33-23-35-36(24-34(33)43(44,45)46)59-42(3,28-58-37-18-10-11-22-56-37)39(52)49(35)21-20-48(25-30-13-6-4-7-14-30)41(55)57-27-31-15-8-5-9-16-31/h4-9,13-16,23-24,29,32,37H,10-12,17-22,25-28H2,1-3H3,(H,53,54)/t32-,37?,42?/m1/s1. The van der Waals surface area contributed by atoms with Gasteiger partial charge >= 0.3 is 18.4 Å². The number of carbonyl (C=O) groups excluding carboxylic acids is 3. The molecule has 3 aliphatic rings. The van der Waals surface area contributed by atoms with Crippen molar-refractivity contribution < 1.29 is 56.4 Å². The first-order valence-electron chi connectivity index (χ1n) is 19.9. The van der Waals surface area contributed by atoms with Gasteiger partial charge in [-0.25, -0.2) is 9.59 Å². The number of ether oxygens (including phenoxy) is 4. The molecule has 2 unspecified atom stereocenters. The molecule has 13 nitrogen and oxygen atoms in total. The summed E-state index contributed by atoms with van der Waals surface area (Å²) in [6.45, 7) is 4.73. The first-order valence-corrected chi connectivity index (χ1v) is 19.9. The molecule has 0 aliphatic carbocycles. The summed E-state index contributed by atoms with van der Waals surface area (Å²) in [4.78, 5) is 59.8. The second-order valence-electron chi connectivity index (χ2n) is 15.5. The molecule has 3 aliphatic heterocycles. The predicted molar refractivity (Wildman–Crippen MR) is 210 cm³/mol. The number of hydrogen-bond donors (Lipinski definition) is 1. The average Bonchev–Trinajstić information content (AvgIpc) is 3.22. The van der Waals surface area contributed by atoms with E-state index in [1.165, 1.54) is 21.6 Å². The zero-order chi connectivity index (χ0) is 42.3. The largest absolute Gasteiger partial charge is 0.473 e. The van der Waals surface area contributed by atoms with Crippen LogP contribution in [0.2, 0.25) is 0 Å². The highest BCUT2D eigenvalue weighted by Gasteiger charge is 2.48. The van der Waals surface area contributed by atoms with Gasteiger partial charge in [-0.3, -0.25) is 9.59 Å². The number of carboxylic acid groups (broad SMARTS) is 1.